The van der Waals surface area contributed by atoms with Crippen molar-refractivity contribution in [3.8, 4) is 0 Å². The molecule has 2 aromatic carbocycles. The molecule has 31 heavy (non-hydrogen) atoms. The fourth-order valence-electron chi connectivity index (χ4n) is 4.67. The topological polar surface area (TPSA) is 6.48 Å². The number of hydrogen-bond donors (Lipinski definition) is 0. The van der Waals surface area contributed by atoms with Crippen LogP contribution in [-0.4, -0.2) is 26.2 Å². The summed E-state index contributed by atoms with van der Waals surface area (Å²) in [6, 6.07) is 16.4. The maximum absolute atomic E-state index is 2.42. The Morgan fingerprint density at radius 1 is 0.645 bits per heavy atom. The zero-order valence-corrected chi connectivity index (χ0v) is 21.1. The summed E-state index contributed by atoms with van der Waals surface area (Å²) in [5, 5.41) is 2.23. The van der Waals surface area contributed by atoms with Crippen molar-refractivity contribution in [2.75, 3.05) is 36.0 Å². The molecule has 3 heteroatoms. The molecule has 0 unspecified atom stereocenters. The second-order valence-electron chi connectivity index (χ2n) is 8.33. The molecule has 0 bridgehead atoms. The first kappa shape index (κ1) is 23.4. The first-order chi connectivity index (χ1) is 14.9. The third kappa shape index (κ3) is 4.82. The van der Waals surface area contributed by atoms with Crippen molar-refractivity contribution >= 4 is 22.7 Å². The highest BCUT2D eigenvalue weighted by Gasteiger charge is 2.24. The van der Waals surface area contributed by atoms with Gasteiger partial charge in [0.1, 0.15) is 0 Å². The van der Waals surface area contributed by atoms with Gasteiger partial charge in [0.05, 0.1) is 0 Å². The second kappa shape index (κ2) is 10.4. The zero-order valence-electron chi connectivity index (χ0n) is 20.3. The fraction of sp³-hybridized carbons (Fsp3) is 0.429. The Hall–Kier alpha value is -2.26. The molecule has 1 aromatic heterocycles. The average molecular weight is 435 g/mol. The molecule has 0 radical (unpaired) electrons. The van der Waals surface area contributed by atoms with E-state index in [1.54, 1.807) is 0 Å². The van der Waals surface area contributed by atoms with E-state index in [1.165, 1.54) is 44.1 Å². The molecule has 0 atom stereocenters. The van der Waals surface area contributed by atoms with Crippen LogP contribution >= 0.6 is 11.3 Å². The maximum atomic E-state index is 2.42. The van der Waals surface area contributed by atoms with E-state index in [-0.39, 0.29) is 5.92 Å². The molecule has 1 heterocycles. The smallest absolute Gasteiger partial charge is 0.0441 e. The van der Waals surface area contributed by atoms with Gasteiger partial charge >= 0.3 is 0 Å². The predicted molar refractivity (Wildman–Crippen MR) is 139 cm³/mol. The van der Waals surface area contributed by atoms with E-state index in [4.69, 9.17) is 0 Å². The van der Waals surface area contributed by atoms with Crippen molar-refractivity contribution in [2.24, 2.45) is 0 Å². The number of anilines is 2. The first-order valence-electron chi connectivity index (χ1n) is 11.7. The predicted octanol–water partition coefficient (Wildman–Crippen LogP) is 7.55. The van der Waals surface area contributed by atoms with Crippen LogP contribution in [0.3, 0.4) is 0 Å². The summed E-state index contributed by atoms with van der Waals surface area (Å²) in [5.41, 5.74) is 9.60. The summed E-state index contributed by atoms with van der Waals surface area (Å²) in [6.45, 7) is 19.9. The summed E-state index contributed by atoms with van der Waals surface area (Å²) in [7, 11) is 0. The van der Waals surface area contributed by atoms with Crippen LogP contribution < -0.4 is 9.80 Å². The molecule has 0 spiro atoms. The van der Waals surface area contributed by atoms with Gasteiger partial charge in [0.15, 0.2) is 0 Å². The fourth-order valence-corrected chi connectivity index (χ4v) is 5.73. The highest BCUT2D eigenvalue weighted by Crippen LogP contribution is 2.41. The number of aryl methyl sites for hydroxylation is 3. The van der Waals surface area contributed by atoms with Gasteiger partial charge in [0.25, 0.3) is 0 Å². The highest BCUT2D eigenvalue weighted by atomic mass is 32.1. The molecule has 0 N–H and O–H groups in total. The third-order valence-corrected chi connectivity index (χ3v) is 7.63. The summed E-state index contributed by atoms with van der Waals surface area (Å²) in [5.74, 6) is 0.275. The van der Waals surface area contributed by atoms with Gasteiger partial charge in [0.2, 0.25) is 0 Å². The molecular weight excluding hydrogens is 396 g/mol. The zero-order chi connectivity index (χ0) is 22.5. The van der Waals surface area contributed by atoms with Crippen molar-refractivity contribution in [1.82, 2.24) is 0 Å². The summed E-state index contributed by atoms with van der Waals surface area (Å²) < 4.78 is 0. The molecule has 0 fully saturated rings. The summed E-state index contributed by atoms with van der Waals surface area (Å²) >= 11 is 1.88. The van der Waals surface area contributed by atoms with Crippen LogP contribution in [-0.2, 0) is 0 Å². The Labute approximate surface area is 193 Å². The van der Waals surface area contributed by atoms with Gasteiger partial charge in [-0.15, -0.1) is 11.3 Å². The molecule has 0 aliphatic carbocycles. The van der Waals surface area contributed by atoms with Crippen LogP contribution in [0, 0.1) is 20.8 Å². The van der Waals surface area contributed by atoms with Crippen molar-refractivity contribution in [3.05, 3.63) is 80.5 Å². The van der Waals surface area contributed by atoms with E-state index in [0.29, 0.717) is 0 Å². The lowest BCUT2D eigenvalue weighted by molar-refractivity contribution is 0.860. The Kier molecular flexibility index (Phi) is 7.83. The first-order valence-corrected chi connectivity index (χ1v) is 12.6. The minimum Gasteiger partial charge on any atom is -0.372 e. The molecule has 3 aromatic rings. The van der Waals surface area contributed by atoms with Crippen LogP contribution in [0.25, 0.3) is 0 Å². The molecule has 0 saturated carbocycles. The molecule has 3 rings (SSSR count). The monoisotopic (exact) mass is 434 g/mol. The molecular formula is C28H38N2S. The quantitative estimate of drug-likeness (QED) is 0.343. The van der Waals surface area contributed by atoms with Crippen LogP contribution in [0.1, 0.15) is 66.3 Å². The molecule has 0 saturated heterocycles. The molecule has 2 nitrogen and oxygen atoms in total. The number of thiophene rings is 1. The van der Waals surface area contributed by atoms with Gasteiger partial charge in [-0.25, -0.2) is 0 Å². The number of nitrogens with zero attached hydrogens (tertiary/aromatic N) is 2. The van der Waals surface area contributed by atoms with E-state index < -0.39 is 0 Å². The van der Waals surface area contributed by atoms with Gasteiger partial charge < -0.3 is 9.80 Å². The number of hydrogen-bond acceptors (Lipinski definition) is 3. The largest absolute Gasteiger partial charge is 0.372 e. The van der Waals surface area contributed by atoms with E-state index in [0.717, 1.165) is 26.2 Å². The van der Waals surface area contributed by atoms with Gasteiger partial charge in [-0.3, -0.25) is 0 Å². The highest BCUT2D eigenvalue weighted by molar-refractivity contribution is 7.10. The lowest BCUT2D eigenvalue weighted by Gasteiger charge is -2.27. The van der Waals surface area contributed by atoms with E-state index >= 15 is 0 Å². The lowest BCUT2D eigenvalue weighted by atomic mass is 9.83. The van der Waals surface area contributed by atoms with E-state index in [1.807, 2.05) is 11.3 Å². The molecule has 0 aliphatic rings. The van der Waals surface area contributed by atoms with Gasteiger partial charge in [-0.1, -0.05) is 12.1 Å². The molecule has 0 amide bonds. The summed E-state index contributed by atoms with van der Waals surface area (Å²) in [4.78, 5) is 6.30. The Bertz CT molecular complexity index is 934. The molecule has 166 valence electrons. The maximum Gasteiger partial charge on any atom is 0.0441 e. The Balaban J connectivity index is 2.13. The van der Waals surface area contributed by atoms with Gasteiger partial charge in [-0.2, -0.15) is 0 Å². The number of rotatable bonds is 9. The normalized spacial score (nSPS) is 11.2. The van der Waals surface area contributed by atoms with Crippen molar-refractivity contribution in [2.45, 2.75) is 54.4 Å². The average Bonchev–Trinajstić information content (AvgIpc) is 3.18. The van der Waals surface area contributed by atoms with Crippen LogP contribution in [0.4, 0.5) is 11.4 Å². The minimum atomic E-state index is 0.275. The standard InChI is InChI=1S/C28H38N2S/c1-8-29(9-2)23-12-14-25(21(6)18-23)27(28-20(5)16-17-31-28)26-15-13-24(19-22(26)7)30(10-3)11-4/h12-19,27H,8-11H2,1-7H3. The third-order valence-electron chi connectivity index (χ3n) is 6.55. The Morgan fingerprint density at radius 2 is 1.10 bits per heavy atom. The molecule has 0 aliphatic heterocycles. The van der Waals surface area contributed by atoms with Crippen LogP contribution in [0.15, 0.2) is 47.8 Å². The van der Waals surface area contributed by atoms with Gasteiger partial charge in [-0.05, 0) is 112 Å². The van der Waals surface area contributed by atoms with Gasteiger partial charge in [0, 0.05) is 48.3 Å². The van der Waals surface area contributed by atoms with Crippen molar-refractivity contribution < 1.29 is 0 Å². The SMILES string of the molecule is CCN(CC)c1ccc(C(c2ccc(N(CC)CC)cc2C)c2sccc2C)c(C)c1. The van der Waals surface area contributed by atoms with Crippen molar-refractivity contribution in [1.29, 1.82) is 0 Å². The van der Waals surface area contributed by atoms with Crippen molar-refractivity contribution in [3.63, 3.8) is 0 Å². The Morgan fingerprint density at radius 3 is 1.42 bits per heavy atom. The summed E-state index contributed by atoms with van der Waals surface area (Å²) in [6.07, 6.45) is 0. The number of benzene rings is 2. The van der Waals surface area contributed by atoms with E-state index in [9.17, 15) is 0 Å². The van der Waals surface area contributed by atoms with Crippen LogP contribution in [0.5, 0.6) is 0 Å². The van der Waals surface area contributed by atoms with Crippen LogP contribution in [0.2, 0.25) is 0 Å². The second-order valence-corrected chi connectivity index (χ2v) is 9.27. The lowest BCUT2D eigenvalue weighted by Crippen LogP contribution is -2.22. The van der Waals surface area contributed by atoms with E-state index in [2.05, 4.69) is 106 Å². The minimum absolute atomic E-state index is 0.275.